The number of hydrogen-bond donors (Lipinski definition) is 2. The van der Waals surface area contributed by atoms with Gasteiger partial charge in [-0.25, -0.2) is 9.34 Å². The van der Waals surface area contributed by atoms with Gasteiger partial charge in [0.05, 0.1) is 5.60 Å². The summed E-state index contributed by atoms with van der Waals surface area (Å²) >= 11 is 5.34. The summed E-state index contributed by atoms with van der Waals surface area (Å²) in [6.07, 6.45) is 0. The van der Waals surface area contributed by atoms with Crippen molar-refractivity contribution in [3.63, 3.8) is 0 Å². The van der Waals surface area contributed by atoms with Gasteiger partial charge in [-0.1, -0.05) is 18.2 Å². The molecule has 1 heterocycles. The number of rotatable bonds is 5. The molecule has 2 N–H and O–H groups in total. The number of nitrogens with zero attached hydrogens (tertiary/aromatic N) is 2. The van der Waals surface area contributed by atoms with Crippen LogP contribution in [0.15, 0.2) is 30.3 Å². The zero-order valence-corrected chi connectivity index (χ0v) is 15.4. The van der Waals surface area contributed by atoms with Gasteiger partial charge in [0.2, 0.25) is 0 Å². The Hall–Kier alpha value is -0.780. The summed E-state index contributed by atoms with van der Waals surface area (Å²) in [5.41, 5.74) is 0.694. The van der Waals surface area contributed by atoms with E-state index < -0.39 is 8.45 Å². The maximum Gasteiger partial charge on any atom is 0.188 e. The minimum Gasteiger partial charge on any atom is -0.360 e. The fourth-order valence-electron chi connectivity index (χ4n) is 2.10. The Morgan fingerprint density at radius 3 is 2.41 bits per heavy atom. The first-order valence-corrected chi connectivity index (χ1v) is 8.96. The Morgan fingerprint density at radius 1 is 1.23 bits per heavy atom. The van der Waals surface area contributed by atoms with Crippen molar-refractivity contribution in [2.75, 3.05) is 39.0 Å². The van der Waals surface area contributed by atoms with Gasteiger partial charge in [0.25, 0.3) is 0 Å². The number of likely N-dealkylation sites (N-methyl/N-ethyl adjacent to an activating group) is 2. The molecule has 0 unspecified atom stereocenters. The quantitative estimate of drug-likeness (QED) is 0.634. The van der Waals surface area contributed by atoms with E-state index in [0.717, 1.165) is 18.8 Å². The molecule has 0 aliphatic carbocycles. The van der Waals surface area contributed by atoms with Crippen LogP contribution in [0.3, 0.4) is 0 Å². The number of nitrogens with one attached hydrogen (secondary N) is 2. The van der Waals surface area contributed by atoms with E-state index in [2.05, 4.69) is 47.9 Å². The molecule has 1 fully saturated rings. The Balaban J connectivity index is 1.80. The van der Waals surface area contributed by atoms with E-state index in [1.807, 2.05) is 30.3 Å². The summed E-state index contributed by atoms with van der Waals surface area (Å²) in [5, 5.41) is 7.03. The summed E-state index contributed by atoms with van der Waals surface area (Å²) in [6.45, 7) is 6.95. The van der Waals surface area contributed by atoms with Crippen LogP contribution >= 0.6 is 20.7 Å². The summed E-state index contributed by atoms with van der Waals surface area (Å²) in [7, 11) is 3.55. The van der Waals surface area contributed by atoms with Crippen molar-refractivity contribution in [1.29, 1.82) is 0 Å². The molecule has 1 aromatic carbocycles. The maximum absolute atomic E-state index is 6.29. The molecule has 5 nitrogen and oxygen atoms in total. The highest BCUT2D eigenvalue weighted by molar-refractivity contribution is 7.80. The first-order chi connectivity index (χ1) is 10.4. The third-order valence-electron chi connectivity index (χ3n) is 3.37. The van der Waals surface area contributed by atoms with E-state index in [4.69, 9.17) is 16.7 Å². The molecule has 0 bridgehead atoms. The summed E-state index contributed by atoms with van der Waals surface area (Å²) in [4.78, 5) is 0. The Bertz CT molecular complexity index is 490. The minimum absolute atomic E-state index is 0.291. The van der Waals surface area contributed by atoms with Crippen molar-refractivity contribution < 1.29 is 4.52 Å². The van der Waals surface area contributed by atoms with Crippen molar-refractivity contribution in [3.05, 3.63) is 30.3 Å². The zero-order valence-electron chi connectivity index (χ0n) is 13.7. The number of hydrogen-bond acceptors (Lipinski definition) is 4. The molecule has 1 saturated heterocycles. The van der Waals surface area contributed by atoms with Gasteiger partial charge in [0.15, 0.2) is 13.6 Å². The average Bonchev–Trinajstić information content (AvgIpc) is 2.78. The molecule has 22 heavy (non-hydrogen) atoms. The summed E-state index contributed by atoms with van der Waals surface area (Å²) in [5.74, 6) is 0. The van der Waals surface area contributed by atoms with Crippen LogP contribution < -0.4 is 10.6 Å². The van der Waals surface area contributed by atoms with E-state index >= 15 is 0 Å². The van der Waals surface area contributed by atoms with E-state index in [1.165, 1.54) is 0 Å². The van der Waals surface area contributed by atoms with Gasteiger partial charge in [-0.05, 0) is 52.3 Å². The molecule has 1 aliphatic rings. The third kappa shape index (κ3) is 5.14. The zero-order chi connectivity index (χ0) is 16.2. The van der Waals surface area contributed by atoms with Crippen molar-refractivity contribution in [2.24, 2.45) is 0 Å². The van der Waals surface area contributed by atoms with Gasteiger partial charge in [-0.3, -0.25) is 0 Å². The van der Waals surface area contributed by atoms with Crippen LogP contribution in [-0.2, 0) is 4.52 Å². The lowest BCUT2D eigenvalue weighted by atomic mass is 10.1. The normalized spacial score (nSPS) is 17.6. The molecule has 2 rings (SSSR count). The van der Waals surface area contributed by atoms with Crippen LogP contribution in [0.2, 0.25) is 0 Å². The molecule has 1 aliphatic heterocycles. The van der Waals surface area contributed by atoms with Crippen LogP contribution in [0, 0.1) is 0 Å². The second-order valence-corrected chi connectivity index (χ2v) is 8.50. The molecule has 0 amide bonds. The molecule has 122 valence electrons. The molecule has 0 atom stereocenters. The van der Waals surface area contributed by atoms with Crippen molar-refractivity contribution in [2.45, 2.75) is 19.4 Å². The Kier molecular flexibility index (Phi) is 6.12. The minimum atomic E-state index is -0.671. The molecule has 7 heteroatoms. The van der Waals surface area contributed by atoms with Gasteiger partial charge >= 0.3 is 0 Å². The number of thiocarbonyl (C=S) groups is 1. The highest BCUT2D eigenvalue weighted by Crippen LogP contribution is 2.49. The van der Waals surface area contributed by atoms with Crippen LogP contribution in [0.5, 0.6) is 0 Å². The topological polar surface area (TPSA) is 39.8 Å². The third-order valence-corrected chi connectivity index (χ3v) is 5.84. The standard InChI is InChI=1S/C15H25N4OPS/c1-15(2,20-21-18(3)10-11-19(21)4)12-16-14(22)17-13-8-6-5-7-9-13/h5-9H,10-12H2,1-4H3,(H2,16,17,22). The Morgan fingerprint density at radius 2 is 1.82 bits per heavy atom. The number of anilines is 1. The van der Waals surface area contributed by atoms with Gasteiger partial charge in [0.1, 0.15) is 0 Å². The Labute approximate surface area is 140 Å². The average molecular weight is 340 g/mol. The van der Waals surface area contributed by atoms with Crippen LogP contribution in [0.1, 0.15) is 13.8 Å². The SMILES string of the molecule is CN1CCN(C)P1OC(C)(C)CNC(=S)Nc1ccccc1. The predicted molar refractivity (Wildman–Crippen MR) is 98.0 cm³/mol. The van der Waals surface area contributed by atoms with Gasteiger partial charge in [-0.15, -0.1) is 0 Å². The molecule has 0 radical (unpaired) electrons. The molecule has 0 aromatic heterocycles. The molecular weight excluding hydrogens is 315 g/mol. The number of benzene rings is 1. The van der Waals surface area contributed by atoms with Gasteiger partial charge < -0.3 is 15.2 Å². The smallest absolute Gasteiger partial charge is 0.188 e. The second kappa shape index (κ2) is 7.66. The summed E-state index contributed by atoms with van der Waals surface area (Å²) in [6, 6.07) is 9.91. The monoisotopic (exact) mass is 340 g/mol. The first-order valence-electron chi connectivity index (χ1n) is 7.39. The van der Waals surface area contributed by atoms with Crippen molar-refractivity contribution in [1.82, 2.24) is 14.7 Å². The predicted octanol–water partition coefficient (Wildman–Crippen LogP) is 2.87. The highest BCUT2D eigenvalue weighted by Gasteiger charge is 2.34. The fourth-order valence-corrected chi connectivity index (χ4v) is 4.12. The molecule has 1 aromatic rings. The summed E-state index contributed by atoms with van der Waals surface area (Å²) < 4.78 is 10.8. The highest BCUT2D eigenvalue weighted by atomic mass is 32.1. The van der Waals surface area contributed by atoms with Gasteiger partial charge in [-0.2, -0.15) is 0 Å². The van der Waals surface area contributed by atoms with Crippen molar-refractivity contribution in [3.8, 4) is 0 Å². The second-order valence-electron chi connectivity index (χ2n) is 6.04. The van der Waals surface area contributed by atoms with E-state index in [-0.39, 0.29) is 5.60 Å². The largest absolute Gasteiger partial charge is 0.360 e. The molecule has 0 saturated carbocycles. The lowest BCUT2D eigenvalue weighted by molar-refractivity contribution is 0.116. The maximum atomic E-state index is 6.29. The fraction of sp³-hybridized carbons (Fsp3) is 0.533. The molecular formula is C15H25N4OPS. The van der Waals surface area contributed by atoms with E-state index in [9.17, 15) is 0 Å². The van der Waals surface area contributed by atoms with Crippen LogP contribution in [0.25, 0.3) is 0 Å². The molecule has 0 spiro atoms. The lowest BCUT2D eigenvalue weighted by Crippen LogP contribution is -2.42. The van der Waals surface area contributed by atoms with Crippen LogP contribution in [0.4, 0.5) is 5.69 Å². The van der Waals surface area contributed by atoms with Crippen LogP contribution in [-0.4, -0.2) is 53.8 Å². The van der Waals surface area contributed by atoms with E-state index in [1.54, 1.807) is 0 Å². The van der Waals surface area contributed by atoms with Gasteiger partial charge in [0, 0.05) is 25.3 Å². The lowest BCUT2D eigenvalue weighted by Gasteiger charge is -2.33. The van der Waals surface area contributed by atoms with E-state index in [0.29, 0.717) is 11.7 Å². The number of para-hydroxylation sites is 1. The van der Waals surface area contributed by atoms with Crippen molar-refractivity contribution >= 4 is 31.5 Å². The first kappa shape index (κ1) is 17.6.